The standard InChI is InChI=1S/C4H5F2N3S/c5-3(6)4-9-8-2(1-7)10-4/h3H,1,7H2. The first-order chi connectivity index (χ1) is 4.74. The summed E-state index contributed by atoms with van der Waals surface area (Å²) in [6.45, 7) is 0.171. The zero-order valence-corrected chi connectivity index (χ0v) is 5.74. The minimum atomic E-state index is -2.53. The van der Waals surface area contributed by atoms with Crippen molar-refractivity contribution in [3.8, 4) is 0 Å². The highest BCUT2D eigenvalue weighted by Crippen LogP contribution is 2.21. The molecular weight excluding hydrogens is 160 g/mol. The van der Waals surface area contributed by atoms with Crippen LogP contribution in [-0.2, 0) is 6.54 Å². The van der Waals surface area contributed by atoms with Gasteiger partial charge in [0.25, 0.3) is 6.43 Å². The van der Waals surface area contributed by atoms with Crippen LogP contribution < -0.4 is 5.73 Å². The molecule has 3 nitrogen and oxygen atoms in total. The molecule has 0 aromatic carbocycles. The van der Waals surface area contributed by atoms with Gasteiger partial charge in [-0.15, -0.1) is 10.2 Å². The van der Waals surface area contributed by atoms with Gasteiger partial charge in [0.15, 0.2) is 5.01 Å². The zero-order valence-electron chi connectivity index (χ0n) is 4.92. The summed E-state index contributed by atoms with van der Waals surface area (Å²) in [5.74, 6) is 0. The third-order valence-corrected chi connectivity index (χ3v) is 1.80. The van der Waals surface area contributed by atoms with Crippen LogP contribution in [0.2, 0.25) is 0 Å². The first kappa shape index (κ1) is 7.49. The van der Waals surface area contributed by atoms with E-state index in [1.165, 1.54) is 0 Å². The second-order valence-corrected chi connectivity index (χ2v) is 2.63. The summed E-state index contributed by atoms with van der Waals surface area (Å²) < 4.78 is 23.6. The van der Waals surface area contributed by atoms with Crippen LogP contribution in [0.5, 0.6) is 0 Å². The van der Waals surface area contributed by atoms with Gasteiger partial charge in [-0.1, -0.05) is 11.3 Å². The molecule has 10 heavy (non-hydrogen) atoms. The quantitative estimate of drug-likeness (QED) is 0.709. The van der Waals surface area contributed by atoms with E-state index in [-0.39, 0.29) is 11.6 Å². The van der Waals surface area contributed by atoms with E-state index in [1.54, 1.807) is 0 Å². The Morgan fingerprint density at radius 1 is 1.50 bits per heavy atom. The summed E-state index contributed by atoms with van der Waals surface area (Å²) in [5, 5.41) is 6.82. The molecule has 0 radical (unpaired) electrons. The molecular formula is C4H5F2N3S. The average Bonchev–Trinajstić information content (AvgIpc) is 2.34. The highest BCUT2D eigenvalue weighted by Gasteiger charge is 2.12. The van der Waals surface area contributed by atoms with Gasteiger partial charge in [-0.3, -0.25) is 0 Å². The summed E-state index contributed by atoms with van der Waals surface area (Å²) >= 11 is 0.844. The highest BCUT2D eigenvalue weighted by molar-refractivity contribution is 7.11. The SMILES string of the molecule is NCc1nnc(C(F)F)s1. The lowest BCUT2D eigenvalue weighted by molar-refractivity contribution is 0.150. The molecule has 56 valence electrons. The van der Waals surface area contributed by atoms with E-state index < -0.39 is 6.43 Å². The fourth-order valence-electron chi connectivity index (χ4n) is 0.437. The molecule has 0 aliphatic heterocycles. The van der Waals surface area contributed by atoms with Gasteiger partial charge in [-0.2, -0.15) is 0 Å². The molecule has 0 spiro atoms. The second-order valence-electron chi connectivity index (χ2n) is 1.54. The van der Waals surface area contributed by atoms with Crippen molar-refractivity contribution >= 4 is 11.3 Å². The zero-order chi connectivity index (χ0) is 7.56. The van der Waals surface area contributed by atoms with Gasteiger partial charge < -0.3 is 5.73 Å². The van der Waals surface area contributed by atoms with Gasteiger partial charge in [0.1, 0.15) is 5.01 Å². The molecule has 1 heterocycles. The van der Waals surface area contributed by atoms with Crippen molar-refractivity contribution in [2.45, 2.75) is 13.0 Å². The third-order valence-electron chi connectivity index (χ3n) is 0.844. The monoisotopic (exact) mass is 165 g/mol. The second kappa shape index (κ2) is 2.98. The largest absolute Gasteiger partial charge is 0.324 e. The number of aromatic nitrogens is 2. The van der Waals surface area contributed by atoms with E-state index in [0.29, 0.717) is 5.01 Å². The number of hydrogen-bond donors (Lipinski definition) is 1. The topological polar surface area (TPSA) is 51.8 Å². The number of nitrogens with two attached hydrogens (primary N) is 1. The number of rotatable bonds is 2. The molecule has 0 amide bonds. The van der Waals surface area contributed by atoms with Crippen molar-refractivity contribution in [1.82, 2.24) is 10.2 Å². The minimum Gasteiger partial charge on any atom is -0.324 e. The highest BCUT2D eigenvalue weighted by atomic mass is 32.1. The summed E-state index contributed by atoms with van der Waals surface area (Å²) in [6, 6.07) is 0. The molecule has 1 aromatic heterocycles. The van der Waals surface area contributed by atoms with Gasteiger partial charge in [-0.05, 0) is 0 Å². The fraction of sp³-hybridized carbons (Fsp3) is 0.500. The molecule has 2 N–H and O–H groups in total. The van der Waals surface area contributed by atoms with Gasteiger partial charge in [0.2, 0.25) is 0 Å². The first-order valence-corrected chi connectivity index (χ1v) is 3.36. The lowest BCUT2D eigenvalue weighted by Gasteiger charge is -1.85. The van der Waals surface area contributed by atoms with Gasteiger partial charge in [0, 0.05) is 6.54 Å². The Labute approximate surface area is 59.9 Å². The molecule has 0 aliphatic rings. The van der Waals surface area contributed by atoms with E-state index in [2.05, 4.69) is 10.2 Å². The fourth-order valence-corrected chi connectivity index (χ4v) is 1.01. The Kier molecular flexibility index (Phi) is 2.23. The van der Waals surface area contributed by atoms with E-state index >= 15 is 0 Å². The van der Waals surface area contributed by atoms with Crippen molar-refractivity contribution in [3.63, 3.8) is 0 Å². The normalized spacial score (nSPS) is 10.8. The van der Waals surface area contributed by atoms with Crippen LogP contribution in [0.25, 0.3) is 0 Å². The maximum absolute atomic E-state index is 11.8. The van der Waals surface area contributed by atoms with Crippen molar-refractivity contribution in [1.29, 1.82) is 0 Å². The Bertz CT molecular complexity index is 212. The van der Waals surface area contributed by atoms with Crippen LogP contribution >= 0.6 is 11.3 Å². The lowest BCUT2D eigenvalue weighted by atomic mass is 10.7. The summed E-state index contributed by atoms with van der Waals surface area (Å²) in [5.41, 5.74) is 5.13. The van der Waals surface area contributed by atoms with E-state index in [4.69, 9.17) is 5.73 Å². The average molecular weight is 165 g/mol. The van der Waals surface area contributed by atoms with Crippen molar-refractivity contribution in [2.24, 2.45) is 5.73 Å². The van der Waals surface area contributed by atoms with Crippen LogP contribution in [0.15, 0.2) is 0 Å². The molecule has 0 bridgehead atoms. The van der Waals surface area contributed by atoms with Crippen molar-refractivity contribution < 1.29 is 8.78 Å². The van der Waals surface area contributed by atoms with Crippen LogP contribution in [0, 0.1) is 0 Å². The molecule has 0 aliphatic carbocycles. The van der Waals surface area contributed by atoms with Gasteiger partial charge in [-0.25, -0.2) is 8.78 Å². The van der Waals surface area contributed by atoms with Crippen LogP contribution in [0.3, 0.4) is 0 Å². The van der Waals surface area contributed by atoms with E-state index in [9.17, 15) is 8.78 Å². The number of hydrogen-bond acceptors (Lipinski definition) is 4. The maximum Gasteiger partial charge on any atom is 0.291 e. The maximum atomic E-state index is 11.8. The van der Waals surface area contributed by atoms with Crippen LogP contribution in [0.4, 0.5) is 8.78 Å². The van der Waals surface area contributed by atoms with E-state index in [0.717, 1.165) is 11.3 Å². The molecule has 1 rings (SSSR count). The Morgan fingerprint density at radius 2 is 2.20 bits per heavy atom. The van der Waals surface area contributed by atoms with Crippen molar-refractivity contribution in [2.75, 3.05) is 0 Å². The Hall–Kier alpha value is -0.620. The molecule has 0 saturated carbocycles. The molecule has 0 saturated heterocycles. The third kappa shape index (κ3) is 1.45. The number of alkyl halides is 2. The van der Waals surface area contributed by atoms with Gasteiger partial charge in [0.05, 0.1) is 0 Å². The minimum absolute atomic E-state index is 0.171. The lowest BCUT2D eigenvalue weighted by Crippen LogP contribution is -1.94. The summed E-state index contributed by atoms with van der Waals surface area (Å²) in [7, 11) is 0. The van der Waals surface area contributed by atoms with Crippen LogP contribution in [0.1, 0.15) is 16.4 Å². The Morgan fingerprint density at radius 3 is 2.50 bits per heavy atom. The van der Waals surface area contributed by atoms with Crippen LogP contribution in [-0.4, -0.2) is 10.2 Å². The number of halogens is 2. The summed E-state index contributed by atoms with van der Waals surface area (Å²) in [6.07, 6.45) is -2.53. The first-order valence-electron chi connectivity index (χ1n) is 2.54. The predicted molar refractivity (Wildman–Crippen MR) is 32.8 cm³/mol. The van der Waals surface area contributed by atoms with Gasteiger partial charge >= 0.3 is 0 Å². The summed E-state index contributed by atoms with van der Waals surface area (Å²) in [4.78, 5) is 0. The van der Waals surface area contributed by atoms with E-state index in [1.807, 2.05) is 0 Å². The number of nitrogens with zero attached hydrogens (tertiary/aromatic N) is 2. The molecule has 1 aromatic rings. The Balaban J connectivity index is 2.78. The predicted octanol–water partition coefficient (Wildman–Crippen LogP) is 0.934. The molecule has 0 fully saturated rings. The molecule has 0 atom stereocenters. The molecule has 6 heteroatoms. The smallest absolute Gasteiger partial charge is 0.291 e. The van der Waals surface area contributed by atoms with Crippen molar-refractivity contribution in [3.05, 3.63) is 10.0 Å². The molecule has 0 unspecified atom stereocenters.